The first-order chi connectivity index (χ1) is 10.1. The van der Waals surface area contributed by atoms with E-state index in [-0.39, 0.29) is 12.0 Å². The highest BCUT2D eigenvalue weighted by atomic mass is 35.5. The highest BCUT2D eigenvalue weighted by Crippen LogP contribution is 2.34. The van der Waals surface area contributed by atoms with Crippen molar-refractivity contribution < 1.29 is 14.6 Å². The van der Waals surface area contributed by atoms with Crippen LogP contribution in [0.1, 0.15) is 32.1 Å². The summed E-state index contributed by atoms with van der Waals surface area (Å²) in [5.74, 6) is 0.368. The van der Waals surface area contributed by atoms with Crippen LogP contribution in [0.4, 0.5) is 0 Å². The highest BCUT2D eigenvalue weighted by Gasteiger charge is 2.45. The number of ether oxygens (including phenoxy) is 1. The van der Waals surface area contributed by atoms with E-state index in [1.54, 1.807) is 23.2 Å². The molecule has 0 radical (unpaired) electrons. The van der Waals surface area contributed by atoms with Gasteiger partial charge in [0.05, 0.1) is 11.6 Å². The maximum atomic E-state index is 12.3. The number of hydrogen-bond acceptors (Lipinski definition) is 4. The van der Waals surface area contributed by atoms with E-state index in [1.165, 1.54) is 0 Å². The molecule has 2 fully saturated rings. The Hall–Kier alpha value is -1.33. The molecule has 1 aliphatic carbocycles. The SMILES string of the molecule is O=C(N1CCC[C@H](Oc2ccc(Cl)cn2)C1)C1(O)CCC1. The minimum absolute atomic E-state index is 0.0833. The number of pyridine rings is 1. The number of aromatic nitrogens is 1. The topological polar surface area (TPSA) is 62.7 Å². The number of carbonyl (C=O) groups is 1. The monoisotopic (exact) mass is 310 g/mol. The average molecular weight is 311 g/mol. The first-order valence-corrected chi connectivity index (χ1v) is 7.75. The van der Waals surface area contributed by atoms with Gasteiger partial charge in [-0.3, -0.25) is 4.79 Å². The number of carbonyl (C=O) groups excluding carboxylic acids is 1. The standard InChI is InChI=1S/C15H19ClN2O3/c16-11-4-5-13(17-9-11)21-12-3-1-8-18(10-12)14(19)15(20)6-2-7-15/h4-5,9,12,20H,1-3,6-8,10H2/t12-/m0/s1. The lowest BCUT2D eigenvalue weighted by Gasteiger charge is -2.41. The molecular weight excluding hydrogens is 292 g/mol. The van der Waals surface area contributed by atoms with Crippen molar-refractivity contribution in [3.63, 3.8) is 0 Å². The summed E-state index contributed by atoms with van der Waals surface area (Å²) in [4.78, 5) is 18.2. The van der Waals surface area contributed by atoms with Crippen LogP contribution >= 0.6 is 11.6 Å². The summed E-state index contributed by atoms with van der Waals surface area (Å²) in [5, 5.41) is 10.7. The Balaban J connectivity index is 1.60. The van der Waals surface area contributed by atoms with E-state index in [2.05, 4.69) is 4.98 Å². The van der Waals surface area contributed by atoms with Crippen molar-refractivity contribution in [3.05, 3.63) is 23.4 Å². The van der Waals surface area contributed by atoms with E-state index < -0.39 is 5.60 Å². The number of hydrogen-bond donors (Lipinski definition) is 1. The smallest absolute Gasteiger partial charge is 0.254 e. The van der Waals surface area contributed by atoms with E-state index in [1.807, 2.05) is 0 Å². The second-order valence-corrected chi connectivity index (χ2v) is 6.27. The maximum absolute atomic E-state index is 12.3. The van der Waals surface area contributed by atoms with Crippen LogP contribution in [0.25, 0.3) is 0 Å². The van der Waals surface area contributed by atoms with Gasteiger partial charge >= 0.3 is 0 Å². The van der Waals surface area contributed by atoms with Gasteiger partial charge in [-0.05, 0) is 38.2 Å². The lowest BCUT2D eigenvalue weighted by Crippen LogP contribution is -2.56. The Morgan fingerprint density at radius 1 is 1.43 bits per heavy atom. The van der Waals surface area contributed by atoms with Gasteiger partial charge in [0, 0.05) is 18.8 Å². The van der Waals surface area contributed by atoms with Gasteiger partial charge in [-0.2, -0.15) is 0 Å². The van der Waals surface area contributed by atoms with Gasteiger partial charge in [-0.15, -0.1) is 0 Å². The molecule has 21 heavy (non-hydrogen) atoms. The molecule has 1 aromatic rings. The van der Waals surface area contributed by atoms with Crippen LogP contribution in [0.2, 0.25) is 5.02 Å². The first-order valence-electron chi connectivity index (χ1n) is 7.37. The van der Waals surface area contributed by atoms with Crippen LogP contribution in [0.3, 0.4) is 0 Å². The number of likely N-dealkylation sites (tertiary alicyclic amines) is 1. The van der Waals surface area contributed by atoms with Crippen LogP contribution in [0, 0.1) is 0 Å². The Morgan fingerprint density at radius 2 is 2.24 bits per heavy atom. The van der Waals surface area contributed by atoms with E-state index in [0.29, 0.717) is 36.8 Å². The van der Waals surface area contributed by atoms with Crippen LogP contribution in [0.5, 0.6) is 5.88 Å². The number of piperidine rings is 1. The van der Waals surface area contributed by atoms with E-state index in [0.717, 1.165) is 19.3 Å². The van der Waals surface area contributed by atoms with Gasteiger partial charge in [0.2, 0.25) is 5.88 Å². The Bertz CT molecular complexity index is 516. The fraction of sp³-hybridized carbons (Fsp3) is 0.600. The largest absolute Gasteiger partial charge is 0.472 e. The van der Waals surface area contributed by atoms with Crippen LogP contribution in [-0.2, 0) is 4.79 Å². The predicted molar refractivity (Wildman–Crippen MR) is 78.3 cm³/mol. The Morgan fingerprint density at radius 3 is 2.86 bits per heavy atom. The Labute approximate surface area is 128 Å². The fourth-order valence-electron chi connectivity index (χ4n) is 2.84. The van der Waals surface area contributed by atoms with Gasteiger partial charge in [0.1, 0.15) is 11.7 Å². The molecule has 1 amide bonds. The predicted octanol–water partition coefficient (Wildman–Crippen LogP) is 2.02. The average Bonchev–Trinajstić information content (AvgIpc) is 2.47. The van der Waals surface area contributed by atoms with Crippen molar-refractivity contribution >= 4 is 17.5 Å². The third-order valence-corrected chi connectivity index (χ3v) is 4.46. The second-order valence-electron chi connectivity index (χ2n) is 5.83. The number of rotatable bonds is 3. The van der Waals surface area contributed by atoms with E-state index in [9.17, 15) is 9.90 Å². The molecule has 1 saturated carbocycles. The Kier molecular flexibility index (Phi) is 4.04. The summed E-state index contributed by atoms with van der Waals surface area (Å²) < 4.78 is 5.81. The summed E-state index contributed by atoms with van der Waals surface area (Å²) in [5.41, 5.74) is -1.12. The zero-order chi connectivity index (χ0) is 14.9. The van der Waals surface area contributed by atoms with Crippen molar-refractivity contribution in [1.82, 2.24) is 9.88 Å². The highest BCUT2D eigenvalue weighted by molar-refractivity contribution is 6.30. The van der Waals surface area contributed by atoms with Crippen LogP contribution in [0.15, 0.2) is 18.3 Å². The molecule has 5 nitrogen and oxygen atoms in total. The van der Waals surface area contributed by atoms with E-state index >= 15 is 0 Å². The van der Waals surface area contributed by atoms with Crippen molar-refractivity contribution in [1.29, 1.82) is 0 Å². The van der Waals surface area contributed by atoms with Gasteiger partial charge in [-0.25, -0.2) is 4.98 Å². The minimum Gasteiger partial charge on any atom is -0.472 e. The van der Waals surface area contributed by atoms with Crippen molar-refractivity contribution in [2.75, 3.05) is 13.1 Å². The van der Waals surface area contributed by atoms with Crippen molar-refractivity contribution in [2.45, 2.75) is 43.8 Å². The quantitative estimate of drug-likeness (QED) is 0.928. The molecule has 0 spiro atoms. The summed E-state index contributed by atoms with van der Waals surface area (Å²) in [7, 11) is 0. The van der Waals surface area contributed by atoms with Gasteiger partial charge in [0.15, 0.2) is 0 Å². The summed E-state index contributed by atoms with van der Waals surface area (Å²) >= 11 is 5.79. The molecule has 1 aromatic heterocycles. The molecule has 6 heteroatoms. The third-order valence-electron chi connectivity index (χ3n) is 4.23. The van der Waals surface area contributed by atoms with Gasteiger partial charge in [0.25, 0.3) is 5.91 Å². The zero-order valence-corrected chi connectivity index (χ0v) is 12.6. The van der Waals surface area contributed by atoms with Crippen molar-refractivity contribution in [3.8, 4) is 5.88 Å². The zero-order valence-electron chi connectivity index (χ0n) is 11.8. The van der Waals surface area contributed by atoms with E-state index in [4.69, 9.17) is 16.3 Å². The maximum Gasteiger partial charge on any atom is 0.254 e. The number of nitrogens with zero attached hydrogens (tertiary/aromatic N) is 2. The third kappa shape index (κ3) is 3.14. The molecule has 1 aliphatic heterocycles. The summed E-state index contributed by atoms with van der Waals surface area (Å²) in [6, 6.07) is 3.45. The molecule has 2 aliphatic rings. The van der Waals surface area contributed by atoms with Gasteiger partial charge in [-0.1, -0.05) is 11.6 Å². The molecule has 0 bridgehead atoms. The number of amides is 1. The first kappa shape index (κ1) is 14.6. The lowest BCUT2D eigenvalue weighted by atomic mass is 9.79. The van der Waals surface area contributed by atoms with Gasteiger partial charge < -0.3 is 14.7 Å². The molecule has 1 atom stereocenters. The molecule has 114 valence electrons. The van der Waals surface area contributed by atoms with Crippen molar-refractivity contribution in [2.24, 2.45) is 0 Å². The molecule has 0 unspecified atom stereocenters. The van der Waals surface area contributed by atoms with Crippen LogP contribution < -0.4 is 4.74 Å². The van der Waals surface area contributed by atoms with Crippen LogP contribution in [-0.4, -0.2) is 45.7 Å². The summed E-state index contributed by atoms with van der Waals surface area (Å²) in [6.07, 6.45) is 5.29. The number of aliphatic hydroxyl groups is 1. The molecule has 2 heterocycles. The second kappa shape index (κ2) is 5.81. The normalized spacial score (nSPS) is 24.3. The molecular formula is C15H19ClN2O3. The number of halogens is 1. The molecule has 3 rings (SSSR count). The molecule has 1 saturated heterocycles. The minimum atomic E-state index is -1.12. The fourth-order valence-corrected chi connectivity index (χ4v) is 2.95. The summed E-state index contributed by atoms with van der Waals surface area (Å²) in [6.45, 7) is 1.19. The molecule has 0 aromatic carbocycles. The lowest BCUT2D eigenvalue weighted by molar-refractivity contribution is -0.163. The molecule has 1 N–H and O–H groups in total.